The molecule has 2 aromatic rings. The number of carbonyl (C=O) groups is 1. The van der Waals surface area contributed by atoms with Crippen LogP contribution in [0.4, 0.5) is 0 Å². The third kappa shape index (κ3) is 4.36. The third-order valence-electron chi connectivity index (χ3n) is 4.56. The highest BCUT2D eigenvalue weighted by Crippen LogP contribution is 2.23. The lowest BCUT2D eigenvalue weighted by Gasteiger charge is -2.27. The Labute approximate surface area is 147 Å². The second kappa shape index (κ2) is 7.81. The first-order chi connectivity index (χ1) is 11.6. The molecule has 0 spiro atoms. The number of thiophene rings is 1. The molecular weight excluding hydrogens is 320 g/mol. The summed E-state index contributed by atoms with van der Waals surface area (Å²) in [6.07, 6.45) is 2.88. The van der Waals surface area contributed by atoms with E-state index in [0.717, 1.165) is 32.4 Å². The first-order valence-corrected chi connectivity index (χ1v) is 9.34. The van der Waals surface area contributed by atoms with E-state index < -0.39 is 0 Å². The van der Waals surface area contributed by atoms with Gasteiger partial charge in [0.1, 0.15) is 5.75 Å². The summed E-state index contributed by atoms with van der Waals surface area (Å²) in [5.41, 5.74) is 2.51. The van der Waals surface area contributed by atoms with Crippen LogP contribution in [0.25, 0.3) is 0 Å². The van der Waals surface area contributed by atoms with Crippen molar-refractivity contribution in [3.8, 4) is 5.75 Å². The SMILES string of the molecule is CC(CCc1ccc(O)cc1)NCC(=O)N1CCc2sccc2C1. The van der Waals surface area contributed by atoms with Crippen LogP contribution in [0.2, 0.25) is 0 Å². The molecule has 24 heavy (non-hydrogen) atoms. The summed E-state index contributed by atoms with van der Waals surface area (Å²) in [5, 5.41) is 14.8. The summed E-state index contributed by atoms with van der Waals surface area (Å²) in [4.78, 5) is 15.8. The number of amides is 1. The van der Waals surface area contributed by atoms with E-state index in [9.17, 15) is 9.90 Å². The van der Waals surface area contributed by atoms with E-state index in [-0.39, 0.29) is 11.9 Å². The summed E-state index contributed by atoms with van der Waals surface area (Å²) in [6.45, 7) is 4.09. The van der Waals surface area contributed by atoms with Crippen molar-refractivity contribution in [2.75, 3.05) is 13.1 Å². The van der Waals surface area contributed by atoms with Crippen molar-refractivity contribution < 1.29 is 9.90 Å². The van der Waals surface area contributed by atoms with Gasteiger partial charge in [-0.2, -0.15) is 0 Å². The number of phenolic OH excluding ortho intramolecular Hbond substituents is 1. The number of benzene rings is 1. The van der Waals surface area contributed by atoms with E-state index in [4.69, 9.17) is 0 Å². The van der Waals surface area contributed by atoms with Gasteiger partial charge in [0.2, 0.25) is 5.91 Å². The van der Waals surface area contributed by atoms with Crippen LogP contribution < -0.4 is 5.32 Å². The highest BCUT2D eigenvalue weighted by molar-refractivity contribution is 7.10. The fourth-order valence-corrected chi connectivity index (χ4v) is 3.87. The maximum atomic E-state index is 12.4. The minimum Gasteiger partial charge on any atom is -0.508 e. The topological polar surface area (TPSA) is 52.6 Å². The standard InChI is InChI=1S/C19H24N2O2S/c1-14(2-3-15-4-6-17(22)7-5-15)20-12-19(23)21-10-8-18-16(13-21)9-11-24-18/h4-7,9,11,14,20,22H,2-3,8,10,12-13H2,1H3. The van der Waals surface area contributed by atoms with Gasteiger partial charge in [-0.25, -0.2) is 0 Å². The second-order valence-corrected chi connectivity index (χ2v) is 7.42. The minimum atomic E-state index is 0.184. The first-order valence-electron chi connectivity index (χ1n) is 8.46. The molecule has 2 N–H and O–H groups in total. The van der Waals surface area contributed by atoms with Crippen molar-refractivity contribution in [2.45, 2.75) is 38.8 Å². The second-order valence-electron chi connectivity index (χ2n) is 6.42. The Balaban J connectivity index is 1.40. The molecule has 3 rings (SSSR count). The van der Waals surface area contributed by atoms with Gasteiger partial charge in [0.05, 0.1) is 6.54 Å². The smallest absolute Gasteiger partial charge is 0.236 e. The van der Waals surface area contributed by atoms with Crippen molar-refractivity contribution in [3.05, 3.63) is 51.7 Å². The van der Waals surface area contributed by atoms with E-state index in [0.29, 0.717) is 12.3 Å². The number of nitrogens with zero attached hydrogens (tertiary/aromatic N) is 1. The molecule has 0 saturated carbocycles. The normalized spacial score (nSPS) is 15.1. The van der Waals surface area contributed by atoms with Gasteiger partial charge < -0.3 is 15.3 Å². The highest BCUT2D eigenvalue weighted by atomic mass is 32.1. The molecule has 1 aromatic heterocycles. The van der Waals surface area contributed by atoms with Crippen LogP contribution in [0.5, 0.6) is 5.75 Å². The molecule has 0 fully saturated rings. The van der Waals surface area contributed by atoms with Crippen molar-refractivity contribution in [1.29, 1.82) is 0 Å². The molecule has 0 saturated heterocycles. The number of aromatic hydroxyl groups is 1. The summed E-state index contributed by atoms with van der Waals surface area (Å²) in [6, 6.07) is 9.73. The maximum Gasteiger partial charge on any atom is 0.236 e. The average molecular weight is 344 g/mol. The fourth-order valence-electron chi connectivity index (χ4n) is 2.98. The van der Waals surface area contributed by atoms with Gasteiger partial charge in [0, 0.05) is 24.0 Å². The fraction of sp³-hybridized carbons (Fsp3) is 0.421. The van der Waals surface area contributed by atoms with Gasteiger partial charge in [0.15, 0.2) is 0 Å². The van der Waals surface area contributed by atoms with E-state index in [1.807, 2.05) is 17.0 Å². The highest BCUT2D eigenvalue weighted by Gasteiger charge is 2.21. The lowest BCUT2D eigenvalue weighted by molar-refractivity contribution is -0.131. The molecule has 0 bridgehead atoms. The molecule has 4 nitrogen and oxygen atoms in total. The molecule has 5 heteroatoms. The van der Waals surface area contributed by atoms with Gasteiger partial charge >= 0.3 is 0 Å². The summed E-state index contributed by atoms with van der Waals surface area (Å²) in [7, 11) is 0. The van der Waals surface area contributed by atoms with E-state index >= 15 is 0 Å². The average Bonchev–Trinajstić information content (AvgIpc) is 3.06. The number of rotatable bonds is 6. The zero-order valence-corrected chi connectivity index (χ0v) is 14.8. The van der Waals surface area contributed by atoms with Crippen LogP contribution in [-0.2, 0) is 24.2 Å². The Morgan fingerprint density at radius 1 is 1.33 bits per heavy atom. The van der Waals surface area contributed by atoms with Crippen molar-refractivity contribution in [1.82, 2.24) is 10.2 Å². The molecule has 1 amide bonds. The van der Waals surface area contributed by atoms with Gasteiger partial charge in [-0.1, -0.05) is 12.1 Å². The van der Waals surface area contributed by atoms with Crippen LogP contribution in [0.15, 0.2) is 35.7 Å². The molecule has 1 unspecified atom stereocenters. The van der Waals surface area contributed by atoms with Gasteiger partial charge in [-0.15, -0.1) is 11.3 Å². The predicted octanol–water partition coefficient (Wildman–Crippen LogP) is 2.95. The minimum absolute atomic E-state index is 0.184. The molecule has 0 aliphatic carbocycles. The lowest BCUT2D eigenvalue weighted by Crippen LogP contribution is -2.42. The summed E-state index contributed by atoms with van der Waals surface area (Å²) < 4.78 is 0. The number of hydrogen-bond donors (Lipinski definition) is 2. The maximum absolute atomic E-state index is 12.4. The van der Waals surface area contributed by atoms with Crippen LogP contribution in [0, 0.1) is 0 Å². The Morgan fingerprint density at radius 3 is 2.92 bits per heavy atom. The monoisotopic (exact) mass is 344 g/mol. The van der Waals surface area contributed by atoms with Crippen molar-refractivity contribution >= 4 is 17.2 Å². The molecular formula is C19H24N2O2S. The quantitative estimate of drug-likeness (QED) is 0.847. The number of nitrogens with one attached hydrogen (secondary N) is 1. The van der Waals surface area contributed by atoms with Crippen LogP contribution in [0.3, 0.4) is 0 Å². The number of phenols is 1. The van der Waals surface area contributed by atoms with Crippen molar-refractivity contribution in [2.24, 2.45) is 0 Å². The van der Waals surface area contributed by atoms with Gasteiger partial charge in [-0.3, -0.25) is 4.79 Å². The number of hydrogen-bond acceptors (Lipinski definition) is 4. The van der Waals surface area contributed by atoms with E-state index in [2.05, 4.69) is 23.7 Å². The number of carbonyl (C=O) groups excluding carboxylic acids is 1. The molecule has 2 heterocycles. The van der Waals surface area contributed by atoms with Gasteiger partial charge in [0.25, 0.3) is 0 Å². The Bertz CT molecular complexity index is 681. The predicted molar refractivity (Wildman–Crippen MR) is 97.3 cm³/mol. The molecule has 128 valence electrons. The molecule has 0 radical (unpaired) electrons. The van der Waals surface area contributed by atoms with Crippen molar-refractivity contribution in [3.63, 3.8) is 0 Å². The van der Waals surface area contributed by atoms with Crippen LogP contribution >= 0.6 is 11.3 Å². The Kier molecular flexibility index (Phi) is 5.53. The zero-order chi connectivity index (χ0) is 16.9. The molecule has 1 atom stereocenters. The number of fused-ring (bicyclic) bond motifs is 1. The largest absolute Gasteiger partial charge is 0.508 e. The summed E-state index contributed by atoms with van der Waals surface area (Å²) >= 11 is 1.79. The lowest BCUT2D eigenvalue weighted by atomic mass is 10.1. The Morgan fingerprint density at radius 2 is 2.12 bits per heavy atom. The van der Waals surface area contributed by atoms with Gasteiger partial charge in [-0.05, 0) is 60.9 Å². The zero-order valence-electron chi connectivity index (χ0n) is 14.0. The van der Waals surface area contributed by atoms with E-state index in [1.165, 1.54) is 16.0 Å². The van der Waals surface area contributed by atoms with E-state index in [1.54, 1.807) is 23.5 Å². The molecule has 1 aliphatic rings. The third-order valence-corrected chi connectivity index (χ3v) is 5.59. The number of aryl methyl sites for hydroxylation is 1. The summed E-state index contributed by atoms with van der Waals surface area (Å²) in [5.74, 6) is 0.481. The Hall–Kier alpha value is -1.85. The molecule has 1 aliphatic heterocycles. The van der Waals surface area contributed by atoms with Crippen LogP contribution in [-0.4, -0.2) is 35.0 Å². The molecule has 1 aromatic carbocycles. The first kappa shape index (κ1) is 17.0. The van der Waals surface area contributed by atoms with Crippen LogP contribution in [0.1, 0.15) is 29.3 Å².